The van der Waals surface area contributed by atoms with Crippen LogP contribution in [0.5, 0.6) is 0 Å². The first-order chi connectivity index (χ1) is 21.6. The summed E-state index contributed by atoms with van der Waals surface area (Å²) in [6, 6.07) is 22.2. The van der Waals surface area contributed by atoms with Gasteiger partial charge < -0.3 is 16.0 Å². The summed E-state index contributed by atoms with van der Waals surface area (Å²) in [6.45, 7) is 2.00. The largest absolute Gasteiger partial charge is 0.383 e. The molecule has 5 aromatic heterocycles. The maximum Gasteiger partial charge on any atom is 0.233 e. The Morgan fingerprint density at radius 1 is 0.864 bits per heavy atom. The third-order valence-electron chi connectivity index (χ3n) is 8.73. The molecule has 1 aliphatic carbocycles. The summed E-state index contributed by atoms with van der Waals surface area (Å²) in [4.78, 5) is 21.0. The molecule has 6 heterocycles. The minimum absolute atomic E-state index is 0.317. The number of fused-ring (bicyclic) bond motifs is 2. The molecule has 6 aromatic rings. The van der Waals surface area contributed by atoms with Gasteiger partial charge in [-0.05, 0) is 85.3 Å². The van der Waals surface area contributed by atoms with Crippen molar-refractivity contribution in [2.24, 2.45) is 0 Å². The van der Waals surface area contributed by atoms with Gasteiger partial charge in [-0.25, -0.2) is 24.6 Å². The molecule has 3 N–H and O–H groups in total. The van der Waals surface area contributed by atoms with Gasteiger partial charge in [-0.2, -0.15) is 4.39 Å². The molecule has 2 aliphatic rings. The lowest BCUT2D eigenvalue weighted by molar-refractivity contribution is 0.367. The molecule has 44 heavy (non-hydrogen) atoms. The highest BCUT2D eigenvalue weighted by atomic mass is 19.1. The third kappa shape index (κ3) is 4.75. The van der Waals surface area contributed by atoms with E-state index in [1.54, 1.807) is 18.5 Å². The fraction of sp³-hybridized carbons (Fsp3) is 0.242. The molecule has 0 amide bonds. The van der Waals surface area contributed by atoms with Crippen LogP contribution in [0.25, 0.3) is 34.1 Å². The van der Waals surface area contributed by atoms with Crippen molar-refractivity contribution in [3.63, 3.8) is 0 Å². The number of benzene rings is 1. The number of hydrogen-bond acceptors (Lipinski definition) is 8. The number of aryl methyl sites for hydroxylation is 1. The molecule has 0 saturated carbocycles. The van der Waals surface area contributed by atoms with Crippen LogP contribution in [0.2, 0.25) is 0 Å². The molecule has 1 fully saturated rings. The van der Waals surface area contributed by atoms with E-state index >= 15 is 0 Å². The summed E-state index contributed by atoms with van der Waals surface area (Å²) >= 11 is 0. The molecule has 1 aliphatic heterocycles. The number of imidazole rings is 1. The first-order valence-electron chi connectivity index (χ1n) is 15.0. The summed E-state index contributed by atoms with van der Waals surface area (Å²) in [5, 5.41) is 7.87. The van der Waals surface area contributed by atoms with Crippen molar-refractivity contribution in [2.45, 2.75) is 37.8 Å². The van der Waals surface area contributed by atoms with Crippen molar-refractivity contribution in [1.82, 2.24) is 39.6 Å². The number of anilines is 2. The smallest absolute Gasteiger partial charge is 0.233 e. The number of rotatable bonds is 6. The Hall–Kier alpha value is -5.16. The first-order valence-corrected chi connectivity index (χ1v) is 15.0. The molecule has 1 saturated heterocycles. The minimum Gasteiger partial charge on any atom is -0.383 e. The molecule has 8 rings (SSSR count). The lowest BCUT2D eigenvalue weighted by atomic mass is 10.0. The monoisotopic (exact) mass is 586 g/mol. The highest BCUT2D eigenvalue weighted by Gasteiger charge is 2.28. The Morgan fingerprint density at radius 3 is 2.55 bits per heavy atom. The van der Waals surface area contributed by atoms with E-state index in [1.165, 1.54) is 21.9 Å². The number of pyridine rings is 3. The van der Waals surface area contributed by atoms with Crippen LogP contribution in [-0.2, 0) is 6.42 Å². The zero-order valence-electron chi connectivity index (χ0n) is 24.0. The number of piperidine rings is 1. The van der Waals surface area contributed by atoms with Crippen LogP contribution in [-0.4, -0.2) is 53.4 Å². The maximum absolute atomic E-state index is 13.7. The summed E-state index contributed by atoms with van der Waals surface area (Å²) in [5.74, 6) is 2.02. The van der Waals surface area contributed by atoms with Crippen LogP contribution in [0.4, 0.5) is 16.0 Å². The van der Waals surface area contributed by atoms with Crippen molar-refractivity contribution >= 4 is 22.8 Å². The SMILES string of the molecule is Nc1ncccc1-c1nc2ccc(-n3ccc(F)n3)nc2n1-c1ccc2c(c1)CC[C@@H]2NC1CCN(c2ccccn2)CC1. The van der Waals surface area contributed by atoms with Gasteiger partial charge in [-0.1, -0.05) is 12.1 Å². The van der Waals surface area contributed by atoms with E-state index in [-0.39, 0.29) is 0 Å². The van der Waals surface area contributed by atoms with E-state index in [4.69, 9.17) is 15.7 Å². The van der Waals surface area contributed by atoms with Crippen molar-refractivity contribution < 1.29 is 4.39 Å². The fourth-order valence-electron chi connectivity index (χ4n) is 6.55. The first kappa shape index (κ1) is 26.5. The van der Waals surface area contributed by atoms with Crippen LogP contribution in [0, 0.1) is 5.95 Å². The van der Waals surface area contributed by atoms with Gasteiger partial charge in [0.2, 0.25) is 5.95 Å². The van der Waals surface area contributed by atoms with Crippen LogP contribution >= 0.6 is 0 Å². The van der Waals surface area contributed by atoms with E-state index < -0.39 is 5.95 Å². The van der Waals surface area contributed by atoms with E-state index in [0.717, 1.165) is 50.3 Å². The van der Waals surface area contributed by atoms with Gasteiger partial charge >= 0.3 is 0 Å². The van der Waals surface area contributed by atoms with Crippen molar-refractivity contribution in [3.05, 3.63) is 102 Å². The molecule has 1 atom stereocenters. The van der Waals surface area contributed by atoms with Gasteiger partial charge in [-0.15, -0.1) is 5.10 Å². The number of nitrogens with one attached hydrogen (secondary N) is 1. The van der Waals surface area contributed by atoms with Gasteiger partial charge in [0, 0.05) is 55.5 Å². The number of nitrogens with zero attached hydrogens (tertiary/aromatic N) is 8. The Morgan fingerprint density at radius 2 is 1.75 bits per heavy atom. The van der Waals surface area contributed by atoms with Gasteiger partial charge in [0.1, 0.15) is 17.2 Å². The molecular formula is C33H31FN10. The number of nitrogen functional groups attached to an aromatic ring is 1. The molecule has 0 bridgehead atoms. The average molecular weight is 587 g/mol. The fourth-order valence-corrected chi connectivity index (χ4v) is 6.55. The number of aromatic nitrogens is 7. The van der Waals surface area contributed by atoms with Crippen molar-refractivity contribution in [1.29, 1.82) is 0 Å². The van der Waals surface area contributed by atoms with E-state index in [0.29, 0.717) is 46.3 Å². The van der Waals surface area contributed by atoms with Crippen LogP contribution in [0.1, 0.15) is 36.4 Å². The topological polar surface area (TPSA) is 116 Å². The molecular weight excluding hydrogens is 555 g/mol. The minimum atomic E-state index is -0.565. The predicted octanol–water partition coefficient (Wildman–Crippen LogP) is 5.03. The second kappa shape index (κ2) is 10.8. The van der Waals surface area contributed by atoms with Crippen molar-refractivity contribution in [2.75, 3.05) is 23.7 Å². The highest BCUT2D eigenvalue weighted by Crippen LogP contribution is 2.36. The Bertz CT molecular complexity index is 1960. The van der Waals surface area contributed by atoms with Crippen molar-refractivity contribution in [3.8, 4) is 22.9 Å². The second-order valence-corrected chi connectivity index (χ2v) is 11.4. The van der Waals surface area contributed by atoms with Gasteiger partial charge in [0.25, 0.3) is 0 Å². The molecule has 10 nitrogen and oxygen atoms in total. The molecule has 11 heteroatoms. The Kier molecular flexibility index (Phi) is 6.52. The molecule has 220 valence electrons. The predicted molar refractivity (Wildman–Crippen MR) is 167 cm³/mol. The molecule has 0 radical (unpaired) electrons. The van der Waals surface area contributed by atoms with E-state index in [9.17, 15) is 4.39 Å². The number of halogens is 1. The summed E-state index contributed by atoms with van der Waals surface area (Å²) in [5.41, 5.74) is 12.0. The van der Waals surface area contributed by atoms with Gasteiger partial charge in [-0.3, -0.25) is 4.57 Å². The van der Waals surface area contributed by atoms with E-state index in [2.05, 4.69) is 49.5 Å². The van der Waals surface area contributed by atoms with Gasteiger partial charge in [0.15, 0.2) is 17.3 Å². The van der Waals surface area contributed by atoms with Crippen LogP contribution in [0.15, 0.2) is 85.3 Å². The Labute approximate surface area is 253 Å². The zero-order chi connectivity index (χ0) is 29.6. The molecule has 1 aromatic carbocycles. The number of hydrogen-bond donors (Lipinski definition) is 2. The maximum atomic E-state index is 13.7. The second-order valence-electron chi connectivity index (χ2n) is 11.4. The lowest BCUT2D eigenvalue weighted by Crippen LogP contribution is -2.43. The summed E-state index contributed by atoms with van der Waals surface area (Å²) in [6.07, 6.45) is 9.29. The quantitative estimate of drug-likeness (QED) is 0.279. The molecule has 0 unspecified atom stereocenters. The lowest BCUT2D eigenvalue weighted by Gasteiger charge is -2.34. The third-order valence-corrected chi connectivity index (χ3v) is 8.73. The summed E-state index contributed by atoms with van der Waals surface area (Å²) in [7, 11) is 0. The Balaban J connectivity index is 1.11. The standard InChI is InChI=1S/C33H31FN10/c34-28-14-19-43(41-28)30-11-10-27-33(40-30)44(32(39-27)25-4-3-16-37-31(25)35)23-7-8-24-21(20-23)6-9-26(24)38-22-12-17-42(18-13-22)29-5-1-2-15-36-29/h1-5,7-8,10-11,14-16,19-20,22,26,38H,6,9,12-13,17-18H2,(H2,35,37)/t26-/m0/s1. The van der Waals surface area contributed by atoms with Crippen LogP contribution in [0.3, 0.4) is 0 Å². The summed E-state index contributed by atoms with van der Waals surface area (Å²) < 4.78 is 17.2. The van der Waals surface area contributed by atoms with Gasteiger partial charge in [0.05, 0.1) is 5.56 Å². The van der Waals surface area contributed by atoms with Crippen LogP contribution < -0.4 is 16.0 Å². The average Bonchev–Trinajstić information content (AvgIpc) is 3.78. The highest BCUT2D eigenvalue weighted by molar-refractivity contribution is 5.83. The number of nitrogens with two attached hydrogens (primary N) is 1. The molecule has 0 spiro atoms. The zero-order valence-corrected chi connectivity index (χ0v) is 24.0. The van der Waals surface area contributed by atoms with E-state index in [1.807, 2.05) is 41.1 Å². The normalized spacial score (nSPS) is 16.9.